The van der Waals surface area contributed by atoms with Gasteiger partial charge in [-0.15, -0.1) is 0 Å². The molecule has 128 valence electrons. The highest BCUT2D eigenvalue weighted by Gasteiger charge is 2.17. The number of amides is 2. The van der Waals surface area contributed by atoms with Crippen molar-refractivity contribution in [2.45, 2.75) is 39.5 Å². The lowest BCUT2D eigenvalue weighted by molar-refractivity contribution is 0.148. The molecule has 23 heavy (non-hydrogen) atoms. The smallest absolute Gasteiger partial charge is 0.319 e. The molecule has 1 fully saturated rings. The standard InChI is InChI=1S/C18H29N3O2/c1-18(2,14-22)10-7-11-19-17(23)20-15-8-3-4-9-16(15)21-12-5-6-13-21/h3-4,8-9,22H,5-7,10-14H2,1-2H3,(H2,19,20,23). The van der Waals surface area contributed by atoms with E-state index in [9.17, 15) is 9.90 Å². The van der Waals surface area contributed by atoms with E-state index in [0.29, 0.717) is 6.54 Å². The fraction of sp³-hybridized carbons (Fsp3) is 0.611. The van der Waals surface area contributed by atoms with Crippen LogP contribution in [-0.4, -0.2) is 37.4 Å². The molecule has 0 aromatic heterocycles. The fourth-order valence-corrected chi connectivity index (χ4v) is 2.83. The fourth-order valence-electron chi connectivity index (χ4n) is 2.83. The molecule has 2 rings (SSSR count). The summed E-state index contributed by atoms with van der Waals surface area (Å²) in [5.74, 6) is 0. The van der Waals surface area contributed by atoms with Crippen LogP contribution in [0.2, 0.25) is 0 Å². The van der Waals surface area contributed by atoms with Crippen molar-refractivity contribution in [1.29, 1.82) is 0 Å². The van der Waals surface area contributed by atoms with Crippen LogP contribution >= 0.6 is 0 Å². The SMILES string of the molecule is CC(C)(CO)CCCNC(=O)Nc1ccccc1N1CCCC1. The van der Waals surface area contributed by atoms with E-state index in [1.165, 1.54) is 12.8 Å². The van der Waals surface area contributed by atoms with Gasteiger partial charge in [-0.1, -0.05) is 26.0 Å². The van der Waals surface area contributed by atoms with Crippen LogP contribution in [0.15, 0.2) is 24.3 Å². The zero-order valence-electron chi connectivity index (χ0n) is 14.3. The molecule has 0 bridgehead atoms. The minimum Gasteiger partial charge on any atom is -0.396 e. The highest BCUT2D eigenvalue weighted by atomic mass is 16.3. The molecule has 0 aliphatic carbocycles. The van der Waals surface area contributed by atoms with E-state index in [4.69, 9.17) is 0 Å². The third-order valence-corrected chi connectivity index (χ3v) is 4.34. The van der Waals surface area contributed by atoms with E-state index in [0.717, 1.165) is 37.3 Å². The summed E-state index contributed by atoms with van der Waals surface area (Å²) >= 11 is 0. The summed E-state index contributed by atoms with van der Waals surface area (Å²) in [6, 6.07) is 7.79. The molecular weight excluding hydrogens is 290 g/mol. The van der Waals surface area contributed by atoms with Crippen molar-refractivity contribution in [1.82, 2.24) is 5.32 Å². The topological polar surface area (TPSA) is 64.6 Å². The van der Waals surface area contributed by atoms with Crippen molar-refractivity contribution >= 4 is 17.4 Å². The summed E-state index contributed by atoms with van der Waals surface area (Å²) in [6.07, 6.45) is 4.16. The van der Waals surface area contributed by atoms with Gasteiger partial charge in [-0.3, -0.25) is 0 Å². The molecule has 0 radical (unpaired) electrons. The Bertz CT molecular complexity index is 511. The quantitative estimate of drug-likeness (QED) is 0.676. The zero-order valence-corrected chi connectivity index (χ0v) is 14.3. The number of nitrogens with one attached hydrogen (secondary N) is 2. The Hall–Kier alpha value is -1.75. The molecule has 3 N–H and O–H groups in total. The van der Waals surface area contributed by atoms with Crippen molar-refractivity contribution in [3.63, 3.8) is 0 Å². The normalized spacial score (nSPS) is 14.8. The maximum Gasteiger partial charge on any atom is 0.319 e. The van der Waals surface area contributed by atoms with Gasteiger partial charge in [-0.25, -0.2) is 4.79 Å². The first-order chi connectivity index (χ1) is 11.0. The van der Waals surface area contributed by atoms with Crippen molar-refractivity contribution in [3.8, 4) is 0 Å². The maximum absolute atomic E-state index is 12.1. The number of anilines is 2. The van der Waals surface area contributed by atoms with Gasteiger partial charge < -0.3 is 20.6 Å². The van der Waals surface area contributed by atoms with Crippen LogP contribution in [0.5, 0.6) is 0 Å². The first-order valence-electron chi connectivity index (χ1n) is 8.51. The molecule has 1 aromatic rings. The van der Waals surface area contributed by atoms with Gasteiger partial charge in [0.25, 0.3) is 0 Å². The summed E-state index contributed by atoms with van der Waals surface area (Å²) in [7, 11) is 0. The summed E-state index contributed by atoms with van der Waals surface area (Å²) in [5, 5.41) is 15.1. The van der Waals surface area contributed by atoms with Gasteiger partial charge in [0.1, 0.15) is 0 Å². The minimum atomic E-state index is -0.168. The molecule has 5 heteroatoms. The Balaban J connectivity index is 1.81. The Morgan fingerprint density at radius 1 is 1.26 bits per heavy atom. The summed E-state index contributed by atoms with van der Waals surface area (Å²) < 4.78 is 0. The highest BCUT2D eigenvalue weighted by Crippen LogP contribution is 2.28. The second-order valence-corrected chi connectivity index (χ2v) is 7.02. The Morgan fingerprint density at radius 3 is 2.65 bits per heavy atom. The predicted octanol–water partition coefficient (Wildman–Crippen LogP) is 3.21. The lowest BCUT2D eigenvalue weighted by Crippen LogP contribution is -2.31. The van der Waals surface area contributed by atoms with Crippen LogP contribution in [0.4, 0.5) is 16.2 Å². The Morgan fingerprint density at radius 2 is 1.96 bits per heavy atom. The van der Waals surface area contributed by atoms with Crippen LogP contribution in [0.25, 0.3) is 0 Å². The third-order valence-electron chi connectivity index (χ3n) is 4.34. The number of aliphatic hydroxyl groups excluding tert-OH is 1. The van der Waals surface area contributed by atoms with Crippen molar-refractivity contribution in [3.05, 3.63) is 24.3 Å². The number of aliphatic hydroxyl groups is 1. The van der Waals surface area contributed by atoms with E-state index in [1.807, 2.05) is 32.0 Å². The van der Waals surface area contributed by atoms with Gasteiger partial charge in [0, 0.05) is 26.2 Å². The summed E-state index contributed by atoms with van der Waals surface area (Å²) in [4.78, 5) is 14.4. The van der Waals surface area contributed by atoms with Gasteiger partial charge >= 0.3 is 6.03 Å². The average Bonchev–Trinajstić information content (AvgIpc) is 3.06. The van der Waals surface area contributed by atoms with Gasteiger partial charge in [-0.05, 0) is 43.2 Å². The van der Waals surface area contributed by atoms with Crippen molar-refractivity contribution in [2.75, 3.05) is 36.5 Å². The molecule has 1 saturated heterocycles. The largest absolute Gasteiger partial charge is 0.396 e. The van der Waals surface area contributed by atoms with Crippen LogP contribution in [-0.2, 0) is 0 Å². The molecular formula is C18H29N3O2. The zero-order chi connectivity index (χ0) is 16.7. The predicted molar refractivity (Wildman–Crippen MR) is 95.0 cm³/mol. The van der Waals surface area contributed by atoms with Crippen molar-refractivity contribution in [2.24, 2.45) is 5.41 Å². The van der Waals surface area contributed by atoms with E-state index in [-0.39, 0.29) is 18.1 Å². The van der Waals surface area contributed by atoms with Gasteiger partial charge in [-0.2, -0.15) is 0 Å². The summed E-state index contributed by atoms with van der Waals surface area (Å²) in [6.45, 7) is 6.94. The Labute approximate surface area is 139 Å². The van der Waals surface area contributed by atoms with E-state index in [2.05, 4.69) is 21.6 Å². The summed E-state index contributed by atoms with van der Waals surface area (Å²) in [5.41, 5.74) is 1.88. The number of hydrogen-bond donors (Lipinski definition) is 3. The first-order valence-corrected chi connectivity index (χ1v) is 8.51. The molecule has 1 aromatic carbocycles. The maximum atomic E-state index is 12.1. The second-order valence-electron chi connectivity index (χ2n) is 7.02. The van der Waals surface area contributed by atoms with Crippen LogP contribution in [0.1, 0.15) is 39.5 Å². The van der Waals surface area contributed by atoms with Crippen LogP contribution < -0.4 is 15.5 Å². The lowest BCUT2D eigenvalue weighted by atomic mass is 9.89. The second kappa shape index (κ2) is 8.20. The van der Waals surface area contributed by atoms with Crippen LogP contribution in [0.3, 0.4) is 0 Å². The molecule has 0 unspecified atom stereocenters. The van der Waals surface area contributed by atoms with E-state index >= 15 is 0 Å². The average molecular weight is 319 g/mol. The number of carbonyl (C=O) groups excluding carboxylic acids is 1. The first kappa shape index (κ1) is 17.6. The molecule has 1 aliphatic heterocycles. The van der Waals surface area contributed by atoms with E-state index in [1.54, 1.807) is 0 Å². The lowest BCUT2D eigenvalue weighted by Gasteiger charge is -2.22. The molecule has 0 spiro atoms. The highest BCUT2D eigenvalue weighted by molar-refractivity contribution is 5.93. The molecule has 5 nitrogen and oxygen atoms in total. The molecule has 2 amide bonds. The number of carbonyl (C=O) groups is 1. The van der Waals surface area contributed by atoms with E-state index < -0.39 is 0 Å². The third kappa shape index (κ3) is 5.43. The minimum absolute atomic E-state index is 0.0828. The van der Waals surface area contributed by atoms with Gasteiger partial charge in [0.15, 0.2) is 0 Å². The number of hydrogen-bond acceptors (Lipinski definition) is 3. The number of benzene rings is 1. The number of urea groups is 1. The molecule has 0 atom stereocenters. The molecule has 1 aliphatic rings. The van der Waals surface area contributed by atoms with Crippen LogP contribution in [0, 0.1) is 5.41 Å². The Kier molecular flexibility index (Phi) is 6.28. The monoisotopic (exact) mass is 319 g/mol. The number of para-hydroxylation sites is 2. The van der Waals surface area contributed by atoms with Gasteiger partial charge in [0.2, 0.25) is 0 Å². The number of nitrogens with zero attached hydrogens (tertiary/aromatic N) is 1. The van der Waals surface area contributed by atoms with Crippen molar-refractivity contribution < 1.29 is 9.90 Å². The number of rotatable bonds is 7. The van der Waals surface area contributed by atoms with Gasteiger partial charge in [0.05, 0.1) is 11.4 Å². The molecule has 0 saturated carbocycles. The molecule has 1 heterocycles.